The molecule has 122 valence electrons. The number of aromatic nitrogens is 1. The molecule has 1 spiro atoms. The van der Waals surface area contributed by atoms with Crippen LogP contribution in [-0.2, 0) is 6.42 Å². The Morgan fingerprint density at radius 2 is 2.00 bits per heavy atom. The van der Waals surface area contributed by atoms with E-state index >= 15 is 0 Å². The summed E-state index contributed by atoms with van der Waals surface area (Å²) in [4.78, 5) is 6.92. The number of anilines is 1. The standard InChI is InChI=1S/C20H22N4/c1-14-10-15(13-21)11-18(23-14)24-8-6-20(7-9-24)12-16-4-2-3-5-17(16)19(20)22/h2-5,10-11,19H,6-9,12,22H2,1H3/t19-/m1/s1. The largest absolute Gasteiger partial charge is 0.357 e. The second-order valence-electron chi connectivity index (χ2n) is 7.17. The summed E-state index contributed by atoms with van der Waals surface area (Å²) in [5.74, 6) is 0.922. The summed E-state index contributed by atoms with van der Waals surface area (Å²) in [7, 11) is 0. The number of nitriles is 1. The fourth-order valence-electron chi connectivity index (χ4n) is 4.36. The third kappa shape index (κ3) is 2.37. The quantitative estimate of drug-likeness (QED) is 0.877. The third-order valence-electron chi connectivity index (χ3n) is 5.74. The highest BCUT2D eigenvalue weighted by Crippen LogP contribution is 2.50. The number of hydrogen-bond donors (Lipinski definition) is 1. The van der Waals surface area contributed by atoms with Crippen molar-refractivity contribution >= 4 is 5.82 Å². The van der Waals surface area contributed by atoms with Gasteiger partial charge in [0.05, 0.1) is 11.6 Å². The molecule has 1 fully saturated rings. The molecule has 1 aromatic carbocycles. The van der Waals surface area contributed by atoms with Crippen molar-refractivity contribution in [2.45, 2.75) is 32.2 Å². The zero-order valence-corrected chi connectivity index (χ0v) is 14.0. The molecule has 2 aromatic rings. The van der Waals surface area contributed by atoms with E-state index in [2.05, 4.69) is 40.2 Å². The maximum Gasteiger partial charge on any atom is 0.130 e. The zero-order valence-electron chi connectivity index (χ0n) is 14.0. The molecule has 0 saturated carbocycles. The molecule has 0 unspecified atom stereocenters. The van der Waals surface area contributed by atoms with Gasteiger partial charge in [0.25, 0.3) is 0 Å². The van der Waals surface area contributed by atoms with E-state index in [-0.39, 0.29) is 11.5 Å². The lowest BCUT2D eigenvalue weighted by molar-refractivity contribution is 0.187. The molecular weight excluding hydrogens is 296 g/mol. The zero-order chi connectivity index (χ0) is 16.7. The number of benzene rings is 1. The Labute approximate surface area is 142 Å². The van der Waals surface area contributed by atoms with E-state index in [1.165, 1.54) is 11.1 Å². The van der Waals surface area contributed by atoms with E-state index in [0.29, 0.717) is 5.56 Å². The van der Waals surface area contributed by atoms with Crippen LogP contribution < -0.4 is 10.6 Å². The number of fused-ring (bicyclic) bond motifs is 1. The molecule has 2 N–H and O–H groups in total. The normalized spacial score (nSPS) is 21.5. The molecule has 4 nitrogen and oxygen atoms in total. The molecule has 1 aromatic heterocycles. The first-order valence-corrected chi connectivity index (χ1v) is 8.58. The van der Waals surface area contributed by atoms with Gasteiger partial charge in [-0.2, -0.15) is 5.26 Å². The molecule has 2 heterocycles. The number of piperidine rings is 1. The van der Waals surface area contributed by atoms with Gasteiger partial charge < -0.3 is 10.6 Å². The lowest BCUT2D eigenvalue weighted by Gasteiger charge is -2.42. The van der Waals surface area contributed by atoms with Gasteiger partial charge in [-0.3, -0.25) is 0 Å². The van der Waals surface area contributed by atoms with Crippen LogP contribution in [0.15, 0.2) is 36.4 Å². The number of nitrogens with two attached hydrogens (primary N) is 1. The van der Waals surface area contributed by atoms with Gasteiger partial charge in [0, 0.05) is 24.8 Å². The molecule has 0 bridgehead atoms. The van der Waals surface area contributed by atoms with Gasteiger partial charge in [-0.05, 0) is 54.9 Å². The number of hydrogen-bond acceptors (Lipinski definition) is 4. The summed E-state index contributed by atoms with van der Waals surface area (Å²) < 4.78 is 0. The molecule has 1 saturated heterocycles. The first kappa shape index (κ1) is 15.2. The van der Waals surface area contributed by atoms with Gasteiger partial charge in [-0.1, -0.05) is 24.3 Å². The van der Waals surface area contributed by atoms with Crippen LogP contribution in [0.5, 0.6) is 0 Å². The maximum absolute atomic E-state index is 9.17. The van der Waals surface area contributed by atoms with E-state index < -0.39 is 0 Å². The van der Waals surface area contributed by atoms with E-state index in [4.69, 9.17) is 5.73 Å². The van der Waals surface area contributed by atoms with Crippen LogP contribution in [0.1, 0.15) is 41.3 Å². The summed E-state index contributed by atoms with van der Waals surface area (Å²) in [6.45, 7) is 3.84. The van der Waals surface area contributed by atoms with Crippen LogP contribution in [0.2, 0.25) is 0 Å². The van der Waals surface area contributed by atoms with E-state index in [1.54, 1.807) is 0 Å². The molecule has 4 rings (SSSR count). The van der Waals surface area contributed by atoms with Gasteiger partial charge >= 0.3 is 0 Å². The molecule has 0 radical (unpaired) electrons. The second-order valence-corrected chi connectivity index (χ2v) is 7.17. The van der Waals surface area contributed by atoms with Crippen molar-refractivity contribution in [1.29, 1.82) is 5.26 Å². The Hall–Kier alpha value is -2.38. The minimum Gasteiger partial charge on any atom is -0.357 e. The van der Waals surface area contributed by atoms with Gasteiger partial charge in [-0.25, -0.2) is 4.98 Å². The minimum absolute atomic E-state index is 0.135. The summed E-state index contributed by atoms with van der Waals surface area (Å²) in [5, 5.41) is 9.17. The average Bonchev–Trinajstić information content (AvgIpc) is 2.87. The van der Waals surface area contributed by atoms with Crippen LogP contribution in [0.4, 0.5) is 5.82 Å². The van der Waals surface area contributed by atoms with Crippen LogP contribution in [0.25, 0.3) is 0 Å². The number of nitrogens with zero attached hydrogens (tertiary/aromatic N) is 3. The topological polar surface area (TPSA) is 65.9 Å². The molecule has 0 amide bonds. The molecule has 24 heavy (non-hydrogen) atoms. The van der Waals surface area contributed by atoms with Crippen molar-refractivity contribution in [1.82, 2.24) is 4.98 Å². The third-order valence-corrected chi connectivity index (χ3v) is 5.74. The molecule has 4 heteroatoms. The van der Waals surface area contributed by atoms with Crippen LogP contribution >= 0.6 is 0 Å². The van der Waals surface area contributed by atoms with Crippen molar-refractivity contribution in [2.24, 2.45) is 11.1 Å². The van der Waals surface area contributed by atoms with E-state index in [9.17, 15) is 5.26 Å². The summed E-state index contributed by atoms with van der Waals surface area (Å²) in [5.41, 5.74) is 11.1. The molecule has 1 atom stereocenters. The lowest BCUT2D eigenvalue weighted by atomic mass is 9.73. The Morgan fingerprint density at radius 3 is 2.71 bits per heavy atom. The monoisotopic (exact) mass is 318 g/mol. The first-order chi connectivity index (χ1) is 11.6. The van der Waals surface area contributed by atoms with Gasteiger partial charge in [0.15, 0.2) is 0 Å². The summed E-state index contributed by atoms with van der Waals surface area (Å²) in [6, 6.07) is 14.7. The highest BCUT2D eigenvalue weighted by atomic mass is 15.2. The SMILES string of the molecule is Cc1cc(C#N)cc(N2CCC3(CC2)Cc2ccccc2[C@H]3N)n1. The number of aryl methyl sites for hydroxylation is 1. The highest BCUT2D eigenvalue weighted by Gasteiger charge is 2.45. The predicted octanol–water partition coefficient (Wildman–Crippen LogP) is 3.10. The highest BCUT2D eigenvalue weighted by molar-refractivity contribution is 5.48. The number of pyridine rings is 1. The molecular formula is C20H22N4. The predicted molar refractivity (Wildman–Crippen MR) is 94.6 cm³/mol. The maximum atomic E-state index is 9.17. The Bertz CT molecular complexity index is 813. The van der Waals surface area contributed by atoms with E-state index in [0.717, 1.165) is 43.9 Å². The molecule has 1 aliphatic heterocycles. The van der Waals surface area contributed by atoms with Crippen molar-refractivity contribution in [3.8, 4) is 6.07 Å². The van der Waals surface area contributed by atoms with Crippen molar-refractivity contribution in [2.75, 3.05) is 18.0 Å². The average molecular weight is 318 g/mol. The Kier molecular flexibility index (Phi) is 3.54. The molecule has 2 aliphatic rings. The fourth-order valence-corrected chi connectivity index (χ4v) is 4.36. The van der Waals surface area contributed by atoms with Crippen LogP contribution in [0.3, 0.4) is 0 Å². The van der Waals surface area contributed by atoms with Gasteiger partial charge in [0.1, 0.15) is 5.82 Å². The van der Waals surface area contributed by atoms with Crippen LogP contribution in [0, 0.1) is 23.7 Å². The summed E-state index contributed by atoms with van der Waals surface area (Å²) >= 11 is 0. The van der Waals surface area contributed by atoms with Gasteiger partial charge in [0.2, 0.25) is 0 Å². The van der Waals surface area contributed by atoms with Crippen LogP contribution in [-0.4, -0.2) is 18.1 Å². The van der Waals surface area contributed by atoms with Crippen molar-refractivity contribution < 1.29 is 0 Å². The lowest BCUT2D eigenvalue weighted by Crippen LogP contribution is -2.44. The first-order valence-electron chi connectivity index (χ1n) is 8.58. The number of rotatable bonds is 1. The van der Waals surface area contributed by atoms with Gasteiger partial charge in [-0.15, -0.1) is 0 Å². The fraction of sp³-hybridized carbons (Fsp3) is 0.400. The van der Waals surface area contributed by atoms with Crippen molar-refractivity contribution in [3.05, 3.63) is 58.8 Å². The molecule has 1 aliphatic carbocycles. The summed E-state index contributed by atoms with van der Waals surface area (Å²) in [6.07, 6.45) is 3.23. The van der Waals surface area contributed by atoms with Crippen molar-refractivity contribution in [3.63, 3.8) is 0 Å². The Morgan fingerprint density at radius 1 is 1.25 bits per heavy atom. The second kappa shape index (κ2) is 5.61. The van der Waals surface area contributed by atoms with E-state index in [1.807, 2.05) is 19.1 Å². The smallest absolute Gasteiger partial charge is 0.130 e. The Balaban J connectivity index is 1.54. The minimum atomic E-state index is 0.135.